The highest BCUT2D eigenvalue weighted by Gasteiger charge is 2.28. The summed E-state index contributed by atoms with van der Waals surface area (Å²) < 4.78 is 0. The van der Waals surface area contributed by atoms with Gasteiger partial charge in [0.25, 0.3) is 0 Å². The molecule has 2 rings (SSSR count). The lowest BCUT2D eigenvalue weighted by molar-refractivity contribution is -0.137. The number of nitrogens with zero attached hydrogens (tertiary/aromatic N) is 1. The Kier molecular flexibility index (Phi) is 3.95. The molecule has 19 heavy (non-hydrogen) atoms. The van der Waals surface area contributed by atoms with Crippen molar-refractivity contribution in [3.8, 4) is 0 Å². The molecule has 1 heterocycles. The number of carbonyl (C=O) groups excluding carboxylic acids is 1. The Labute approximate surface area is 116 Å². The molecule has 0 bridgehead atoms. The predicted octanol–water partition coefficient (Wildman–Crippen LogP) is 1.88. The maximum atomic E-state index is 11.1. The molecule has 5 nitrogen and oxygen atoms in total. The van der Waals surface area contributed by atoms with Gasteiger partial charge in [-0.15, -0.1) is 0 Å². The van der Waals surface area contributed by atoms with Gasteiger partial charge in [0.1, 0.15) is 0 Å². The summed E-state index contributed by atoms with van der Waals surface area (Å²) in [5.74, 6) is -1.35. The molecule has 0 aliphatic carbocycles. The lowest BCUT2D eigenvalue weighted by atomic mass is 10.1. The fraction of sp³-hybridized carbons (Fsp3) is 0.385. The Morgan fingerprint density at radius 3 is 2.79 bits per heavy atom. The second-order valence-electron chi connectivity index (χ2n) is 4.62. The van der Waals surface area contributed by atoms with E-state index in [4.69, 9.17) is 22.4 Å². The van der Waals surface area contributed by atoms with Gasteiger partial charge in [0.2, 0.25) is 5.91 Å². The summed E-state index contributed by atoms with van der Waals surface area (Å²) in [5, 5.41) is 9.33. The Balaban J connectivity index is 2.25. The van der Waals surface area contributed by atoms with Crippen molar-refractivity contribution in [2.45, 2.75) is 25.3 Å². The molecule has 0 aromatic heterocycles. The molecule has 1 aromatic rings. The van der Waals surface area contributed by atoms with Crippen molar-refractivity contribution >= 4 is 29.2 Å². The minimum absolute atomic E-state index is 0.0468. The molecule has 1 unspecified atom stereocenters. The summed E-state index contributed by atoms with van der Waals surface area (Å²) in [6.07, 6.45) is 1.86. The van der Waals surface area contributed by atoms with Crippen LogP contribution in [0.5, 0.6) is 0 Å². The van der Waals surface area contributed by atoms with Crippen LogP contribution >= 0.6 is 11.6 Å². The molecule has 3 N–H and O–H groups in total. The standard InChI is InChI=1S/C13H15ClN2O3/c14-10-6-8(13(15)19)3-4-11(10)16-5-1-2-9(16)7-12(17)18/h3-4,6,9H,1-2,5,7H2,(H2,15,19)(H,17,18). The van der Waals surface area contributed by atoms with E-state index in [9.17, 15) is 9.59 Å². The number of aliphatic carboxylic acids is 1. The molecule has 1 saturated heterocycles. The molecule has 1 aliphatic heterocycles. The van der Waals surface area contributed by atoms with Crippen LogP contribution in [-0.2, 0) is 4.79 Å². The summed E-state index contributed by atoms with van der Waals surface area (Å²) >= 11 is 6.16. The first-order chi connectivity index (χ1) is 8.99. The van der Waals surface area contributed by atoms with Gasteiger partial charge >= 0.3 is 5.97 Å². The number of carboxylic acid groups (broad SMARTS) is 1. The highest BCUT2D eigenvalue weighted by atomic mass is 35.5. The smallest absolute Gasteiger partial charge is 0.305 e. The number of carboxylic acids is 1. The number of anilines is 1. The van der Waals surface area contributed by atoms with Crippen LogP contribution in [0.15, 0.2) is 18.2 Å². The average Bonchev–Trinajstić information content (AvgIpc) is 2.75. The van der Waals surface area contributed by atoms with Crippen LogP contribution in [0.2, 0.25) is 5.02 Å². The molecule has 1 atom stereocenters. The molecule has 1 aliphatic rings. The highest BCUT2D eigenvalue weighted by Crippen LogP contribution is 2.33. The van der Waals surface area contributed by atoms with Crippen molar-refractivity contribution in [1.82, 2.24) is 0 Å². The van der Waals surface area contributed by atoms with Crippen molar-refractivity contribution in [2.75, 3.05) is 11.4 Å². The molecule has 0 radical (unpaired) electrons. The third-order valence-corrected chi connectivity index (χ3v) is 3.63. The van der Waals surface area contributed by atoms with E-state index >= 15 is 0 Å². The van der Waals surface area contributed by atoms with Gasteiger partial charge in [0.05, 0.1) is 17.1 Å². The average molecular weight is 283 g/mol. The lowest BCUT2D eigenvalue weighted by Crippen LogP contribution is -2.31. The first kappa shape index (κ1) is 13.7. The first-order valence-corrected chi connectivity index (χ1v) is 6.44. The van der Waals surface area contributed by atoms with Crippen molar-refractivity contribution in [2.24, 2.45) is 5.73 Å². The van der Waals surface area contributed by atoms with Crippen LogP contribution in [0, 0.1) is 0 Å². The number of nitrogens with two attached hydrogens (primary N) is 1. The molecule has 1 aromatic carbocycles. The van der Waals surface area contributed by atoms with Crippen molar-refractivity contribution in [3.63, 3.8) is 0 Å². The first-order valence-electron chi connectivity index (χ1n) is 6.07. The summed E-state index contributed by atoms with van der Waals surface area (Å²) in [4.78, 5) is 23.9. The zero-order valence-corrected chi connectivity index (χ0v) is 11.1. The number of carbonyl (C=O) groups is 2. The second-order valence-corrected chi connectivity index (χ2v) is 5.02. The topological polar surface area (TPSA) is 83.6 Å². The maximum Gasteiger partial charge on any atom is 0.305 e. The molecule has 6 heteroatoms. The summed E-state index contributed by atoms with van der Waals surface area (Å²) in [5.41, 5.74) is 6.30. The Bertz CT molecular complexity index is 519. The van der Waals surface area contributed by atoms with Gasteiger partial charge in [-0.1, -0.05) is 11.6 Å². The Morgan fingerprint density at radius 1 is 1.47 bits per heavy atom. The van der Waals surface area contributed by atoms with E-state index in [0.29, 0.717) is 10.6 Å². The quantitative estimate of drug-likeness (QED) is 0.883. The van der Waals surface area contributed by atoms with E-state index in [2.05, 4.69) is 0 Å². The predicted molar refractivity (Wildman–Crippen MR) is 72.6 cm³/mol. The third-order valence-electron chi connectivity index (χ3n) is 3.33. The molecule has 0 saturated carbocycles. The van der Waals surface area contributed by atoms with E-state index < -0.39 is 11.9 Å². The molecule has 102 valence electrons. The molecular formula is C13H15ClN2O3. The van der Waals surface area contributed by atoms with E-state index in [1.165, 1.54) is 6.07 Å². The van der Waals surface area contributed by atoms with Crippen LogP contribution in [0.25, 0.3) is 0 Å². The van der Waals surface area contributed by atoms with Crippen molar-refractivity contribution in [1.29, 1.82) is 0 Å². The fourth-order valence-corrected chi connectivity index (χ4v) is 2.75. The number of benzene rings is 1. The van der Waals surface area contributed by atoms with Crippen LogP contribution in [-0.4, -0.2) is 29.6 Å². The van der Waals surface area contributed by atoms with Gasteiger partial charge in [-0.25, -0.2) is 0 Å². The largest absolute Gasteiger partial charge is 0.481 e. The minimum atomic E-state index is -0.818. The summed E-state index contributed by atoms with van der Waals surface area (Å²) in [6, 6.07) is 4.81. The zero-order valence-electron chi connectivity index (χ0n) is 10.3. The maximum absolute atomic E-state index is 11.1. The van der Waals surface area contributed by atoms with Gasteiger partial charge in [0, 0.05) is 18.2 Å². The number of rotatable bonds is 4. The van der Waals surface area contributed by atoms with Crippen LogP contribution < -0.4 is 10.6 Å². The van der Waals surface area contributed by atoms with E-state index in [-0.39, 0.29) is 12.5 Å². The van der Waals surface area contributed by atoms with Gasteiger partial charge < -0.3 is 15.7 Å². The van der Waals surface area contributed by atoms with Gasteiger partial charge in [-0.05, 0) is 31.0 Å². The van der Waals surface area contributed by atoms with Crippen LogP contribution in [0.1, 0.15) is 29.6 Å². The van der Waals surface area contributed by atoms with E-state index in [1.54, 1.807) is 12.1 Å². The zero-order chi connectivity index (χ0) is 14.0. The normalized spacial score (nSPS) is 18.6. The number of hydrogen-bond acceptors (Lipinski definition) is 3. The molecule has 1 amide bonds. The lowest BCUT2D eigenvalue weighted by Gasteiger charge is -2.26. The van der Waals surface area contributed by atoms with Gasteiger partial charge in [-0.2, -0.15) is 0 Å². The van der Waals surface area contributed by atoms with Gasteiger partial charge in [0.15, 0.2) is 0 Å². The minimum Gasteiger partial charge on any atom is -0.481 e. The fourth-order valence-electron chi connectivity index (χ4n) is 2.46. The van der Waals surface area contributed by atoms with E-state index in [1.807, 2.05) is 4.90 Å². The van der Waals surface area contributed by atoms with Gasteiger partial charge in [-0.3, -0.25) is 9.59 Å². The number of amides is 1. The highest BCUT2D eigenvalue weighted by molar-refractivity contribution is 6.33. The number of primary amides is 1. The summed E-state index contributed by atoms with van der Waals surface area (Å²) in [6.45, 7) is 0.771. The Hall–Kier alpha value is -1.75. The monoisotopic (exact) mass is 282 g/mol. The number of halogens is 1. The van der Waals surface area contributed by atoms with Crippen molar-refractivity contribution in [3.05, 3.63) is 28.8 Å². The number of hydrogen-bond donors (Lipinski definition) is 2. The summed E-state index contributed by atoms with van der Waals surface area (Å²) in [7, 11) is 0. The van der Waals surface area contributed by atoms with E-state index in [0.717, 1.165) is 25.1 Å². The second kappa shape index (κ2) is 5.48. The Morgan fingerprint density at radius 2 is 2.21 bits per heavy atom. The van der Waals surface area contributed by atoms with Crippen molar-refractivity contribution < 1.29 is 14.7 Å². The SMILES string of the molecule is NC(=O)c1ccc(N2CCCC2CC(=O)O)c(Cl)c1. The third kappa shape index (κ3) is 2.98. The molecule has 0 spiro atoms. The molecule has 1 fully saturated rings. The van der Waals surface area contributed by atoms with Crippen LogP contribution in [0.3, 0.4) is 0 Å². The van der Waals surface area contributed by atoms with Crippen LogP contribution in [0.4, 0.5) is 5.69 Å². The molecular weight excluding hydrogens is 268 g/mol.